The molecule has 0 atom stereocenters. The van der Waals surface area contributed by atoms with E-state index < -0.39 is 22.5 Å². The Labute approximate surface area is 145 Å². The molecule has 1 amide bonds. The quantitative estimate of drug-likeness (QED) is 0.781. The van der Waals surface area contributed by atoms with Crippen LogP contribution in [0.4, 0.5) is 5.69 Å². The van der Waals surface area contributed by atoms with Crippen LogP contribution in [0.2, 0.25) is 0 Å². The van der Waals surface area contributed by atoms with E-state index in [-0.39, 0.29) is 22.1 Å². The first-order chi connectivity index (χ1) is 11.6. The summed E-state index contributed by atoms with van der Waals surface area (Å²) in [5, 5.41) is 6.20. The summed E-state index contributed by atoms with van der Waals surface area (Å²) in [6.07, 6.45) is 0. The summed E-state index contributed by atoms with van der Waals surface area (Å²) in [7, 11) is -2.61. The minimum Gasteiger partial charge on any atom is -0.360 e. The Morgan fingerprint density at radius 3 is 2.52 bits per heavy atom. The summed E-state index contributed by atoms with van der Waals surface area (Å²) in [4.78, 5) is 23.5. The number of nitrogens with one attached hydrogen (secondary N) is 1. The fourth-order valence-electron chi connectivity index (χ4n) is 2.30. The molecule has 1 heterocycles. The topological polar surface area (TPSA) is 110 Å². The molecule has 8 nitrogen and oxygen atoms in total. The number of carbonyl (C=O) groups is 2. The van der Waals surface area contributed by atoms with Crippen molar-refractivity contribution in [2.45, 2.75) is 25.7 Å². The molecule has 0 saturated heterocycles. The van der Waals surface area contributed by atoms with Gasteiger partial charge in [0.2, 0.25) is 15.9 Å². The second kappa shape index (κ2) is 7.16. The number of anilines is 1. The lowest BCUT2D eigenvalue weighted by atomic mass is 10.1. The minimum absolute atomic E-state index is 0.0404. The van der Waals surface area contributed by atoms with E-state index >= 15 is 0 Å². The zero-order valence-corrected chi connectivity index (χ0v) is 15.2. The molecule has 0 aliphatic rings. The number of amides is 1. The Kier molecular flexibility index (Phi) is 5.39. The zero-order valence-electron chi connectivity index (χ0n) is 14.4. The van der Waals surface area contributed by atoms with E-state index in [0.29, 0.717) is 11.3 Å². The molecule has 1 aromatic heterocycles. The van der Waals surface area contributed by atoms with E-state index in [1.54, 1.807) is 18.2 Å². The van der Waals surface area contributed by atoms with Crippen LogP contribution in [0.1, 0.15) is 28.7 Å². The summed E-state index contributed by atoms with van der Waals surface area (Å²) in [5.74, 6) is -0.494. The Hall–Kier alpha value is -2.52. The number of likely N-dealkylation sites (N-methyl/N-ethyl adjacent to an activating group) is 1. The lowest BCUT2D eigenvalue weighted by molar-refractivity contribution is -0.116. The van der Waals surface area contributed by atoms with Gasteiger partial charge in [-0.2, -0.15) is 4.31 Å². The Balaban J connectivity index is 2.12. The molecule has 0 aliphatic heterocycles. The summed E-state index contributed by atoms with van der Waals surface area (Å²) in [6.45, 7) is 4.04. The van der Waals surface area contributed by atoms with Gasteiger partial charge in [-0.1, -0.05) is 17.3 Å². The summed E-state index contributed by atoms with van der Waals surface area (Å²) in [5.41, 5.74) is 1.11. The molecular formula is C16H19N3O5S. The lowest BCUT2D eigenvalue weighted by Crippen LogP contribution is -2.35. The van der Waals surface area contributed by atoms with Gasteiger partial charge < -0.3 is 9.84 Å². The van der Waals surface area contributed by atoms with Gasteiger partial charge in [0, 0.05) is 18.3 Å². The van der Waals surface area contributed by atoms with Crippen LogP contribution in [0, 0.1) is 13.8 Å². The zero-order chi connectivity index (χ0) is 18.8. The van der Waals surface area contributed by atoms with Crippen molar-refractivity contribution >= 4 is 27.4 Å². The highest BCUT2D eigenvalue weighted by molar-refractivity contribution is 7.89. The van der Waals surface area contributed by atoms with E-state index in [1.165, 1.54) is 33.9 Å². The lowest BCUT2D eigenvalue weighted by Gasteiger charge is -2.16. The normalized spacial score (nSPS) is 11.6. The van der Waals surface area contributed by atoms with Crippen LogP contribution < -0.4 is 5.32 Å². The van der Waals surface area contributed by atoms with Crippen LogP contribution in [0.15, 0.2) is 33.7 Å². The third-order valence-electron chi connectivity index (χ3n) is 3.56. The molecule has 25 heavy (non-hydrogen) atoms. The van der Waals surface area contributed by atoms with Crippen LogP contribution in [-0.2, 0) is 14.8 Å². The summed E-state index contributed by atoms with van der Waals surface area (Å²) in [6, 6.07) is 6.42. The SMILES string of the molecule is CC(=O)c1cccc(NC(=O)CN(C)S(=O)(=O)c2c(C)noc2C)c1. The number of ketones is 1. The van der Waals surface area contributed by atoms with Gasteiger partial charge in [-0.15, -0.1) is 0 Å². The number of hydrogen-bond acceptors (Lipinski definition) is 6. The van der Waals surface area contributed by atoms with Crippen LogP contribution in [0.5, 0.6) is 0 Å². The predicted molar refractivity (Wildman–Crippen MR) is 90.9 cm³/mol. The molecule has 0 spiro atoms. The summed E-state index contributed by atoms with van der Waals surface area (Å²) < 4.78 is 30.9. The van der Waals surface area contributed by atoms with Crippen LogP contribution >= 0.6 is 0 Å². The first-order valence-electron chi connectivity index (χ1n) is 7.43. The van der Waals surface area contributed by atoms with Gasteiger partial charge >= 0.3 is 0 Å². The molecule has 0 fully saturated rings. The number of Topliss-reactive ketones (excluding diaryl/α,β-unsaturated/α-hetero) is 1. The smallest absolute Gasteiger partial charge is 0.248 e. The Bertz CT molecular complexity index is 898. The molecule has 0 saturated carbocycles. The van der Waals surface area contributed by atoms with Crippen LogP contribution in [0.25, 0.3) is 0 Å². The molecule has 0 unspecified atom stereocenters. The third-order valence-corrected chi connectivity index (χ3v) is 5.60. The van der Waals surface area contributed by atoms with Gasteiger partial charge in [-0.3, -0.25) is 9.59 Å². The average Bonchev–Trinajstić information content (AvgIpc) is 2.86. The van der Waals surface area contributed by atoms with Gasteiger partial charge in [0.1, 0.15) is 10.6 Å². The second-order valence-electron chi connectivity index (χ2n) is 5.60. The van der Waals surface area contributed by atoms with Gasteiger partial charge in [0.25, 0.3) is 0 Å². The van der Waals surface area contributed by atoms with Gasteiger partial charge in [0.15, 0.2) is 11.5 Å². The number of sulfonamides is 1. The van der Waals surface area contributed by atoms with Gasteiger partial charge in [-0.25, -0.2) is 8.42 Å². The van der Waals surface area contributed by atoms with Gasteiger partial charge in [0.05, 0.1) is 6.54 Å². The molecule has 2 rings (SSSR count). The molecule has 1 aromatic carbocycles. The molecule has 9 heteroatoms. The van der Waals surface area contributed by atoms with Crippen molar-refractivity contribution in [3.05, 3.63) is 41.3 Å². The van der Waals surface area contributed by atoms with Crippen molar-refractivity contribution in [3.63, 3.8) is 0 Å². The molecule has 1 N–H and O–H groups in total. The number of rotatable bonds is 6. The molecule has 0 aliphatic carbocycles. The monoisotopic (exact) mass is 365 g/mol. The van der Waals surface area contributed by atoms with Crippen molar-refractivity contribution < 1.29 is 22.5 Å². The largest absolute Gasteiger partial charge is 0.360 e. The van der Waals surface area contributed by atoms with E-state index in [9.17, 15) is 18.0 Å². The van der Waals surface area contributed by atoms with Crippen molar-refractivity contribution in [1.29, 1.82) is 0 Å². The van der Waals surface area contributed by atoms with Crippen molar-refractivity contribution in [2.75, 3.05) is 18.9 Å². The predicted octanol–water partition coefficient (Wildman–Crippen LogP) is 1.75. The van der Waals surface area contributed by atoms with E-state index in [2.05, 4.69) is 10.5 Å². The average molecular weight is 365 g/mol. The van der Waals surface area contributed by atoms with Crippen molar-refractivity contribution in [2.24, 2.45) is 0 Å². The number of benzene rings is 1. The summed E-state index contributed by atoms with van der Waals surface area (Å²) >= 11 is 0. The molecule has 134 valence electrons. The van der Waals surface area contributed by atoms with Gasteiger partial charge in [-0.05, 0) is 32.9 Å². The van der Waals surface area contributed by atoms with Crippen LogP contribution in [0.3, 0.4) is 0 Å². The number of aromatic nitrogens is 1. The first-order valence-corrected chi connectivity index (χ1v) is 8.87. The number of carbonyl (C=O) groups excluding carboxylic acids is 2. The number of nitrogens with zero attached hydrogens (tertiary/aromatic N) is 2. The van der Waals surface area contributed by atoms with E-state index in [1.807, 2.05) is 0 Å². The number of hydrogen-bond donors (Lipinski definition) is 1. The first kappa shape index (κ1) is 18.8. The highest BCUT2D eigenvalue weighted by Crippen LogP contribution is 2.22. The maximum Gasteiger partial charge on any atom is 0.248 e. The maximum absolute atomic E-state index is 12.6. The standard InChI is InChI=1S/C16H19N3O5S/c1-10-16(12(3)24-18-10)25(22,23)19(4)9-15(21)17-14-7-5-6-13(8-14)11(2)20/h5-8H,9H2,1-4H3,(H,17,21). The Morgan fingerprint density at radius 1 is 1.28 bits per heavy atom. The highest BCUT2D eigenvalue weighted by atomic mass is 32.2. The number of aryl methyl sites for hydroxylation is 2. The van der Waals surface area contributed by atoms with E-state index in [4.69, 9.17) is 4.52 Å². The molecular weight excluding hydrogens is 346 g/mol. The van der Waals surface area contributed by atoms with Crippen LogP contribution in [-0.4, -0.2) is 43.2 Å². The Morgan fingerprint density at radius 2 is 1.96 bits per heavy atom. The highest BCUT2D eigenvalue weighted by Gasteiger charge is 2.29. The molecule has 0 radical (unpaired) electrons. The second-order valence-corrected chi connectivity index (χ2v) is 7.58. The minimum atomic E-state index is -3.90. The van der Waals surface area contributed by atoms with E-state index in [0.717, 1.165) is 4.31 Å². The molecule has 0 bridgehead atoms. The van der Waals surface area contributed by atoms with Crippen molar-refractivity contribution in [1.82, 2.24) is 9.46 Å². The third kappa shape index (κ3) is 4.12. The fourth-order valence-corrected chi connectivity index (χ4v) is 3.71. The molecule has 2 aromatic rings. The fraction of sp³-hybridized carbons (Fsp3) is 0.312. The maximum atomic E-state index is 12.6. The van der Waals surface area contributed by atoms with Crippen molar-refractivity contribution in [3.8, 4) is 0 Å².